The number of benzene rings is 1. The van der Waals surface area contributed by atoms with E-state index in [1.807, 2.05) is 24.3 Å². The van der Waals surface area contributed by atoms with Gasteiger partial charge in [-0.2, -0.15) is 5.26 Å². The second-order valence-electron chi connectivity index (χ2n) is 4.30. The molecule has 0 saturated carbocycles. The first kappa shape index (κ1) is 11.9. The Morgan fingerprint density at radius 3 is 2.94 bits per heavy atom. The Morgan fingerprint density at radius 1 is 1.47 bits per heavy atom. The summed E-state index contributed by atoms with van der Waals surface area (Å²) in [4.78, 5) is 2.23. The molecule has 3 nitrogen and oxygen atoms in total. The predicted octanol–water partition coefficient (Wildman–Crippen LogP) is 2.56. The van der Waals surface area contributed by atoms with E-state index >= 15 is 0 Å². The molecule has 17 heavy (non-hydrogen) atoms. The number of para-hydroxylation sites is 1. The van der Waals surface area contributed by atoms with Gasteiger partial charge in [0, 0.05) is 19.7 Å². The number of rotatable bonds is 4. The van der Waals surface area contributed by atoms with Crippen molar-refractivity contribution >= 4 is 5.69 Å². The van der Waals surface area contributed by atoms with E-state index < -0.39 is 0 Å². The first-order valence-electron chi connectivity index (χ1n) is 6.21. The molecule has 0 amide bonds. The second kappa shape index (κ2) is 5.70. The molecule has 0 bridgehead atoms. The van der Waals surface area contributed by atoms with Gasteiger partial charge in [0.15, 0.2) is 0 Å². The molecular weight excluding hydrogens is 212 g/mol. The molecule has 0 aliphatic carbocycles. The lowest BCUT2D eigenvalue weighted by atomic mass is 10.1. The first-order valence-corrected chi connectivity index (χ1v) is 6.21. The van der Waals surface area contributed by atoms with Crippen LogP contribution < -0.4 is 4.90 Å². The molecule has 1 fully saturated rings. The van der Waals surface area contributed by atoms with Crippen LogP contribution in [-0.4, -0.2) is 25.8 Å². The van der Waals surface area contributed by atoms with Crippen LogP contribution in [0.1, 0.15) is 25.3 Å². The van der Waals surface area contributed by atoms with E-state index in [0.717, 1.165) is 43.8 Å². The summed E-state index contributed by atoms with van der Waals surface area (Å²) in [7, 11) is 0. The Bertz CT molecular complexity index is 405. The summed E-state index contributed by atoms with van der Waals surface area (Å²) in [5, 5.41) is 9.12. The van der Waals surface area contributed by atoms with Crippen molar-refractivity contribution in [3.63, 3.8) is 0 Å². The van der Waals surface area contributed by atoms with E-state index in [1.165, 1.54) is 0 Å². The molecule has 0 spiro atoms. The molecule has 0 N–H and O–H groups in total. The molecule has 1 unspecified atom stereocenters. The lowest BCUT2D eigenvalue weighted by molar-refractivity contribution is 0.115. The quantitative estimate of drug-likeness (QED) is 0.797. The molecule has 1 aliphatic rings. The van der Waals surface area contributed by atoms with Gasteiger partial charge in [0.25, 0.3) is 0 Å². The van der Waals surface area contributed by atoms with Crippen molar-refractivity contribution in [2.24, 2.45) is 0 Å². The number of nitrogens with zero attached hydrogens (tertiary/aromatic N) is 2. The zero-order valence-corrected chi connectivity index (χ0v) is 10.2. The minimum atomic E-state index is 0.321. The predicted molar refractivity (Wildman–Crippen MR) is 68.0 cm³/mol. The minimum absolute atomic E-state index is 0.321. The maximum Gasteiger partial charge on any atom is 0.101 e. The van der Waals surface area contributed by atoms with Crippen molar-refractivity contribution in [1.29, 1.82) is 5.26 Å². The molecule has 3 heteroatoms. The third-order valence-corrected chi connectivity index (χ3v) is 3.19. The highest BCUT2D eigenvalue weighted by molar-refractivity contribution is 5.59. The van der Waals surface area contributed by atoms with Crippen molar-refractivity contribution in [2.45, 2.75) is 25.9 Å². The zero-order chi connectivity index (χ0) is 12.1. The third-order valence-electron chi connectivity index (χ3n) is 3.19. The summed E-state index contributed by atoms with van der Waals surface area (Å²) in [6.45, 7) is 4.78. The smallest absolute Gasteiger partial charge is 0.101 e. The van der Waals surface area contributed by atoms with Gasteiger partial charge < -0.3 is 9.64 Å². The Kier molecular flexibility index (Phi) is 4.00. The van der Waals surface area contributed by atoms with E-state index in [1.54, 1.807) is 0 Å². The molecule has 1 atom stereocenters. The molecule has 1 aliphatic heterocycles. The monoisotopic (exact) mass is 230 g/mol. The average Bonchev–Trinajstić information content (AvgIpc) is 2.89. The number of ether oxygens (including phenoxy) is 1. The summed E-state index contributed by atoms with van der Waals surface area (Å²) in [5.74, 6) is 0. The molecule has 2 rings (SSSR count). The summed E-state index contributed by atoms with van der Waals surface area (Å²) >= 11 is 0. The highest BCUT2D eigenvalue weighted by Gasteiger charge is 2.19. The molecule has 1 saturated heterocycles. The number of hydrogen-bond donors (Lipinski definition) is 0. The van der Waals surface area contributed by atoms with Crippen LogP contribution in [0.3, 0.4) is 0 Å². The minimum Gasteiger partial charge on any atom is -0.376 e. The van der Waals surface area contributed by atoms with Crippen LogP contribution in [0.5, 0.6) is 0 Å². The fourth-order valence-corrected chi connectivity index (χ4v) is 2.28. The highest BCUT2D eigenvalue weighted by Crippen LogP contribution is 2.22. The highest BCUT2D eigenvalue weighted by atomic mass is 16.5. The number of hydrogen-bond acceptors (Lipinski definition) is 3. The van der Waals surface area contributed by atoms with Crippen molar-refractivity contribution in [3.8, 4) is 6.07 Å². The van der Waals surface area contributed by atoms with E-state index in [-0.39, 0.29) is 0 Å². The van der Waals surface area contributed by atoms with Gasteiger partial charge in [0.2, 0.25) is 0 Å². The summed E-state index contributed by atoms with van der Waals surface area (Å²) in [6, 6.07) is 10.0. The van der Waals surface area contributed by atoms with Crippen LogP contribution in [0.2, 0.25) is 0 Å². The van der Waals surface area contributed by atoms with Gasteiger partial charge >= 0.3 is 0 Å². The van der Waals surface area contributed by atoms with Gasteiger partial charge in [-0.05, 0) is 31.9 Å². The second-order valence-corrected chi connectivity index (χ2v) is 4.30. The van der Waals surface area contributed by atoms with Gasteiger partial charge in [-0.25, -0.2) is 0 Å². The number of nitriles is 1. The van der Waals surface area contributed by atoms with E-state index in [0.29, 0.717) is 6.10 Å². The van der Waals surface area contributed by atoms with Crippen LogP contribution in [0.25, 0.3) is 0 Å². The molecule has 1 aromatic rings. The van der Waals surface area contributed by atoms with Gasteiger partial charge in [0.1, 0.15) is 6.07 Å². The van der Waals surface area contributed by atoms with Crippen molar-refractivity contribution in [1.82, 2.24) is 0 Å². The summed E-state index contributed by atoms with van der Waals surface area (Å²) in [6.07, 6.45) is 2.61. The molecular formula is C14H18N2O. The van der Waals surface area contributed by atoms with Crippen molar-refractivity contribution in [3.05, 3.63) is 29.8 Å². The molecule has 0 radical (unpaired) electrons. The lowest BCUT2D eigenvalue weighted by Gasteiger charge is -2.26. The van der Waals surface area contributed by atoms with Gasteiger partial charge in [-0.1, -0.05) is 12.1 Å². The van der Waals surface area contributed by atoms with E-state index in [2.05, 4.69) is 17.9 Å². The van der Waals surface area contributed by atoms with Crippen molar-refractivity contribution < 1.29 is 4.74 Å². The van der Waals surface area contributed by atoms with Crippen LogP contribution in [0.15, 0.2) is 24.3 Å². The fraction of sp³-hybridized carbons (Fsp3) is 0.500. The molecule has 90 valence electrons. The molecule has 1 aromatic carbocycles. The van der Waals surface area contributed by atoms with Crippen LogP contribution >= 0.6 is 0 Å². The SMILES string of the molecule is CCN(CC1CCCO1)c1ccccc1C#N. The maximum atomic E-state index is 9.12. The molecule has 1 heterocycles. The van der Waals surface area contributed by atoms with Gasteiger partial charge in [-0.3, -0.25) is 0 Å². The van der Waals surface area contributed by atoms with Crippen LogP contribution in [-0.2, 0) is 4.74 Å². The van der Waals surface area contributed by atoms with E-state index in [4.69, 9.17) is 10.00 Å². The Hall–Kier alpha value is -1.53. The third kappa shape index (κ3) is 2.78. The normalized spacial score (nSPS) is 18.9. The first-order chi connectivity index (χ1) is 8.35. The van der Waals surface area contributed by atoms with E-state index in [9.17, 15) is 0 Å². The van der Waals surface area contributed by atoms with Gasteiger partial charge in [0.05, 0.1) is 17.4 Å². The largest absolute Gasteiger partial charge is 0.376 e. The lowest BCUT2D eigenvalue weighted by Crippen LogP contribution is -2.32. The fourth-order valence-electron chi connectivity index (χ4n) is 2.28. The van der Waals surface area contributed by atoms with Crippen LogP contribution in [0, 0.1) is 11.3 Å². The van der Waals surface area contributed by atoms with Crippen LogP contribution in [0.4, 0.5) is 5.69 Å². The Morgan fingerprint density at radius 2 is 2.29 bits per heavy atom. The number of likely N-dealkylation sites (N-methyl/N-ethyl adjacent to an activating group) is 1. The average molecular weight is 230 g/mol. The Balaban J connectivity index is 2.14. The maximum absolute atomic E-state index is 9.12. The van der Waals surface area contributed by atoms with Gasteiger partial charge in [-0.15, -0.1) is 0 Å². The molecule has 0 aromatic heterocycles. The topological polar surface area (TPSA) is 36.3 Å². The Labute approximate surface area is 103 Å². The summed E-state index contributed by atoms with van der Waals surface area (Å²) < 4.78 is 5.66. The van der Waals surface area contributed by atoms with Crippen molar-refractivity contribution in [2.75, 3.05) is 24.6 Å². The standard InChI is InChI=1S/C14H18N2O/c1-2-16(11-13-7-5-9-17-13)14-8-4-3-6-12(14)10-15/h3-4,6,8,13H,2,5,7,9,11H2,1H3. The summed E-state index contributed by atoms with van der Waals surface area (Å²) in [5.41, 5.74) is 1.76. The zero-order valence-electron chi connectivity index (χ0n) is 10.2. The number of anilines is 1.